The van der Waals surface area contributed by atoms with Gasteiger partial charge >= 0.3 is 0 Å². The highest BCUT2D eigenvalue weighted by molar-refractivity contribution is 7.21. The van der Waals surface area contributed by atoms with Crippen LogP contribution >= 0.6 is 22.9 Å². The molecule has 3 rings (SSSR count). The van der Waals surface area contributed by atoms with Crippen LogP contribution in [0.2, 0.25) is 5.02 Å². The number of anilines is 1. The van der Waals surface area contributed by atoms with Gasteiger partial charge in [-0.05, 0) is 18.2 Å². The molecule has 7 heteroatoms. The maximum absolute atomic E-state index is 12.2. The molecule has 2 heterocycles. The molecule has 0 spiro atoms. The van der Waals surface area contributed by atoms with Gasteiger partial charge in [0.1, 0.15) is 4.88 Å². The number of halogens is 1. The molecule has 0 bridgehead atoms. The van der Waals surface area contributed by atoms with Crippen LogP contribution in [0.15, 0.2) is 18.2 Å². The molecule has 1 unspecified atom stereocenters. The fraction of sp³-hybridized carbons (Fsp3) is 0.231. The quantitative estimate of drug-likeness (QED) is 0.790. The van der Waals surface area contributed by atoms with Gasteiger partial charge in [0.05, 0.1) is 11.7 Å². The second-order valence-corrected chi connectivity index (χ2v) is 6.15. The minimum Gasteiger partial charge on any atom is -0.397 e. The molecule has 1 fully saturated rings. The van der Waals surface area contributed by atoms with E-state index in [4.69, 9.17) is 17.3 Å². The number of benzene rings is 1. The minimum atomic E-state index is -0.249. The first-order chi connectivity index (χ1) is 9.54. The van der Waals surface area contributed by atoms with Crippen LogP contribution in [0.25, 0.3) is 10.1 Å². The summed E-state index contributed by atoms with van der Waals surface area (Å²) < 4.78 is 0.915. The lowest BCUT2D eigenvalue weighted by Gasteiger charge is -2.09. The van der Waals surface area contributed by atoms with E-state index in [1.54, 1.807) is 12.1 Å². The molecule has 1 aromatic carbocycles. The van der Waals surface area contributed by atoms with Gasteiger partial charge in [-0.3, -0.25) is 9.59 Å². The summed E-state index contributed by atoms with van der Waals surface area (Å²) in [6, 6.07) is 5.18. The van der Waals surface area contributed by atoms with E-state index in [-0.39, 0.29) is 17.9 Å². The third kappa shape index (κ3) is 2.32. The van der Waals surface area contributed by atoms with Crippen molar-refractivity contribution in [1.82, 2.24) is 10.6 Å². The van der Waals surface area contributed by atoms with Crippen LogP contribution < -0.4 is 16.4 Å². The number of nitrogen functional groups attached to an aromatic ring is 1. The summed E-state index contributed by atoms with van der Waals surface area (Å²) in [5, 5.41) is 6.86. The highest BCUT2D eigenvalue weighted by Crippen LogP contribution is 2.35. The Morgan fingerprint density at radius 2 is 2.30 bits per heavy atom. The normalized spacial score (nSPS) is 18.2. The van der Waals surface area contributed by atoms with Crippen LogP contribution in [-0.2, 0) is 4.79 Å². The molecule has 2 aromatic rings. The zero-order chi connectivity index (χ0) is 14.3. The lowest BCUT2D eigenvalue weighted by atomic mass is 10.2. The summed E-state index contributed by atoms with van der Waals surface area (Å²) in [4.78, 5) is 23.8. The zero-order valence-corrected chi connectivity index (χ0v) is 12.0. The summed E-state index contributed by atoms with van der Waals surface area (Å²) in [6.07, 6.45) is 0.308. The molecular weight excluding hydrogens is 298 g/mol. The lowest BCUT2D eigenvalue weighted by molar-refractivity contribution is -0.119. The number of fused-ring (bicyclic) bond motifs is 1. The van der Waals surface area contributed by atoms with E-state index in [2.05, 4.69) is 10.6 Å². The number of hydrogen-bond donors (Lipinski definition) is 3. The van der Waals surface area contributed by atoms with Gasteiger partial charge in [0.25, 0.3) is 5.91 Å². The van der Waals surface area contributed by atoms with Crippen LogP contribution in [0.3, 0.4) is 0 Å². The Morgan fingerprint density at radius 1 is 1.50 bits per heavy atom. The van der Waals surface area contributed by atoms with Gasteiger partial charge in [-0.25, -0.2) is 0 Å². The number of nitrogens with two attached hydrogens (primary N) is 1. The topological polar surface area (TPSA) is 84.2 Å². The molecule has 1 saturated heterocycles. The summed E-state index contributed by atoms with van der Waals surface area (Å²) in [6.45, 7) is 0.460. The summed E-state index contributed by atoms with van der Waals surface area (Å²) in [5.74, 6) is -0.298. The number of carbonyl (C=O) groups excluding carboxylic acids is 2. The second kappa shape index (κ2) is 4.96. The Morgan fingerprint density at radius 3 is 3.00 bits per heavy atom. The average Bonchev–Trinajstić information content (AvgIpc) is 2.94. The number of nitrogens with one attached hydrogen (secondary N) is 2. The van der Waals surface area contributed by atoms with E-state index >= 15 is 0 Å². The fourth-order valence-corrected chi connectivity index (χ4v) is 3.39. The number of hydrogen-bond acceptors (Lipinski definition) is 4. The van der Waals surface area contributed by atoms with Crippen molar-refractivity contribution in [1.29, 1.82) is 0 Å². The number of carbonyl (C=O) groups is 2. The van der Waals surface area contributed by atoms with Gasteiger partial charge in [-0.2, -0.15) is 0 Å². The van der Waals surface area contributed by atoms with Crippen molar-refractivity contribution in [2.24, 2.45) is 0 Å². The predicted octanol–water partition coefficient (Wildman–Crippen LogP) is 1.76. The van der Waals surface area contributed by atoms with Crippen LogP contribution in [0, 0.1) is 0 Å². The van der Waals surface area contributed by atoms with Crippen molar-refractivity contribution in [2.45, 2.75) is 12.5 Å². The monoisotopic (exact) mass is 309 g/mol. The van der Waals surface area contributed by atoms with Gasteiger partial charge in [0.15, 0.2) is 0 Å². The molecule has 5 nitrogen and oxygen atoms in total. The number of amides is 2. The van der Waals surface area contributed by atoms with Crippen molar-refractivity contribution in [2.75, 3.05) is 12.3 Å². The Balaban J connectivity index is 1.88. The van der Waals surface area contributed by atoms with Crippen molar-refractivity contribution >= 4 is 50.5 Å². The van der Waals surface area contributed by atoms with Crippen LogP contribution in [0.4, 0.5) is 5.69 Å². The predicted molar refractivity (Wildman–Crippen MR) is 80.1 cm³/mol. The summed E-state index contributed by atoms with van der Waals surface area (Å²) in [5.41, 5.74) is 6.45. The molecule has 0 radical (unpaired) electrons. The molecule has 1 aliphatic heterocycles. The third-order valence-corrected chi connectivity index (χ3v) is 4.63. The fourth-order valence-electron chi connectivity index (χ4n) is 2.22. The first-order valence-electron chi connectivity index (χ1n) is 6.09. The van der Waals surface area contributed by atoms with Gasteiger partial charge in [0, 0.05) is 28.1 Å². The molecule has 0 aliphatic carbocycles. The highest BCUT2D eigenvalue weighted by atomic mass is 35.5. The standard InChI is InChI=1S/C13H12ClN3O2S/c14-6-1-2-9-8(3-6)11(15)12(20-9)13(19)17-7-4-10(18)16-5-7/h1-3,7H,4-5,15H2,(H,16,18)(H,17,19). The summed E-state index contributed by atoms with van der Waals surface area (Å²) in [7, 11) is 0. The smallest absolute Gasteiger partial charge is 0.263 e. The Hall–Kier alpha value is -1.79. The largest absolute Gasteiger partial charge is 0.397 e. The molecule has 20 heavy (non-hydrogen) atoms. The maximum Gasteiger partial charge on any atom is 0.263 e. The van der Waals surface area contributed by atoms with Crippen molar-refractivity contribution < 1.29 is 9.59 Å². The molecule has 0 saturated carbocycles. The van der Waals surface area contributed by atoms with Crippen molar-refractivity contribution in [3.8, 4) is 0 Å². The van der Waals surface area contributed by atoms with Gasteiger partial charge in [-0.1, -0.05) is 11.6 Å². The lowest BCUT2D eigenvalue weighted by Crippen LogP contribution is -2.36. The van der Waals surface area contributed by atoms with Crippen LogP contribution in [-0.4, -0.2) is 24.4 Å². The van der Waals surface area contributed by atoms with Crippen LogP contribution in [0.5, 0.6) is 0 Å². The van der Waals surface area contributed by atoms with E-state index in [0.29, 0.717) is 28.6 Å². The van der Waals surface area contributed by atoms with Crippen molar-refractivity contribution in [3.63, 3.8) is 0 Å². The van der Waals surface area contributed by atoms with E-state index in [1.807, 2.05) is 6.07 Å². The molecule has 104 valence electrons. The Labute approximate surface area is 124 Å². The van der Waals surface area contributed by atoms with Crippen LogP contribution in [0.1, 0.15) is 16.1 Å². The van der Waals surface area contributed by atoms with Gasteiger partial charge in [-0.15, -0.1) is 11.3 Å². The summed E-state index contributed by atoms with van der Waals surface area (Å²) >= 11 is 7.26. The SMILES string of the molecule is Nc1c(C(=O)NC2CNC(=O)C2)sc2ccc(Cl)cc12. The minimum absolute atomic E-state index is 0.0496. The first kappa shape index (κ1) is 13.2. The number of rotatable bonds is 2. The highest BCUT2D eigenvalue weighted by Gasteiger charge is 2.25. The van der Waals surface area contributed by atoms with Gasteiger partial charge < -0.3 is 16.4 Å². The van der Waals surface area contributed by atoms with E-state index < -0.39 is 0 Å². The second-order valence-electron chi connectivity index (χ2n) is 4.66. The van der Waals surface area contributed by atoms with E-state index in [9.17, 15) is 9.59 Å². The Kier molecular flexibility index (Phi) is 3.27. The average molecular weight is 310 g/mol. The molecular formula is C13H12ClN3O2S. The van der Waals surface area contributed by atoms with E-state index in [0.717, 1.165) is 10.1 Å². The molecule has 1 aromatic heterocycles. The maximum atomic E-state index is 12.2. The van der Waals surface area contributed by atoms with E-state index in [1.165, 1.54) is 11.3 Å². The molecule has 1 aliphatic rings. The van der Waals surface area contributed by atoms with Crippen molar-refractivity contribution in [3.05, 3.63) is 28.1 Å². The third-order valence-electron chi connectivity index (χ3n) is 3.21. The Bertz CT molecular complexity index is 713. The zero-order valence-electron chi connectivity index (χ0n) is 10.4. The molecule has 4 N–H and O–H groups in total. The number of thiophene rings is 1. The van der Waals surface area contributed by atoms with Gasteiger partial charge in [0.2, 0.25) is 5.91 Å². The molecule has 1 atom stereocenters. The first-order valence-corrected chi connectivity index (χ1v) is 7.29. The molecule has 2 amide bonds.